The number of benzene rings is 4. The third-order valence-electron chi connectivity index (χ3n) is 23.0. The summed E-state index contributed by atoms with van der Waals surface area (Å²) in [5.74, 6) is -13.1. The molecule has 0 aliphatic carbocycles. The van der Waals surface area contributed by atoms with Crippen LogP contribution < -0.4 is 60.5 Å². The highest BCUT2D eigenvalue weighted by molar-refractivity contribution is 6.08. The number of unbranched alkanes of at least 4 members (excludes halogenated alkanes) is 2. The Hall–Kier alpha value is -13.9. The van der Waals surface area contributed by atoms with Crippen molar-refractivity contribution in [3.8, 4) is 28.7 Å². The molecular weight excluding hydrogens is 1920 g/mol. The molecule has 8 N–H and O–H groups in total. The molecule has 10 rings (SSSR count). The van der Waals surface area contributed by atoms with E-state index in [9.17, 15) is 82.1 Å². The van der Waals surface area contributed by atoms with Crippen LogP contribution in [0.2, 0.25) is 0 Å². The number of carbonyl (C=O) groups excluding carboxylic acids is 16. The molecule has 6 aliphatic rings. The van der Waals surface area contributed by atoms with Gasteiger partial charge in [-0.25, -0.2) is 29.0 Å². The number of aliphatic hydroxyl groups is 2. The molecule has 6 aliphatic heterocycles. The van der Waals surface area contributed by atoms with Crippen LogP contribution in [0.4, 0.5) is 26.7 Å². The Morgan fingerprint density at radius 2 is 0.938 bits per heavy atom. The molecule has 0 unspecified atom stereocenters. The Morgan fingerprint density at radius 3 is 1.39 bits per heavy atom. The number of anilines is 3. The molecule has 49 nitrogen and oxygen atoms in total. The Morgan fingerprint density at radius 1 is 0.497 bits per heavy atom. The molecule has 792 valence electrons. The van der Waals surface area contributed by atoms with E-state index in [1.54, 1.807) is 13.8 Å². The van der Waals surface area contributed by atoms with Gasteiger partial charge in [-0.05, 0) is 80.0 Å². The van der Waals surface area contributed by atoms with Gasteiger partial charge in [0.15, 0.2) is 84.5 Å². The van der Waals surface area contributed by atoms with Crippen LogP contribution in [0, 0.1) is 5.92 Å². The highest BCUT2D eigenvalue weighted by atomic mass is 16.8. The van der Waals surface area contributed by atoms with E-state index < -0.39 is 219 Å². The lowest BCUT2D eigenvalue weighted by Crippen LogP contribution is -2.64. The Bertz CT molecular complexity index is 5350. The fraction of sp³-hybridized carbons (Fsp3) is 0.542. The molecule has 6 heterocycles. The average Bonchev–Trinajstić information content (AvgIpc) is 1.62. The highest BCUT2D eigenvalue weighted by Gasteiger charge is 2.58. The van der Waals surface area contributed by atoms with Crippen molar-refractivity contribution in [1.29, 1.82) is 0 Å². The van der Waals surface area contributed by atoms with E-state index in [4.69, 9.17) is 110 Å². The monoisotopic (exact) mass is 2040 g/mol. The summed E-state index contributed by atoms with van der Waals surface area (Å²) in [7, 11) is 4.66. The first-order valence-corrected chi connectivity index (χ1v) is 46.3. The SMILES string of the molecule is C=C1C[C@H]2[C@H](O)N(C(=O)OCc3ccc(O[C@@H]4O[C@H](C(=O)OC)[C@@H](OC(C)=O)[C@H](OC(C)=O)[C@H]4OC(C)=O)cc3)c3cc(OCCCCCOc4cc5c(cc4OC)C(=O)N4CC(=C)C[C@H]4[C@H](O)N5C(=O)OCc4ccc(NC(=O)[C@H](CO[C@@H]5O[C@H](C(=O)OC)[C@@H](OC(C)=O)[C@H](OC(C)=O)[C@H]5OC(C)=O)NC(=O)[C@@H](NC(C)=O)C(C)C)cc4C(=O)NCCOCCOCCOCCOCCN)c(OC)cc3C(=O)N2C1. The first-order valence-electron chi connectivity index (χ1n) is 46.3. The lowest BCUT2D eigenvalue weighted by molar-refractivity contribution is -0.302. The minimum absolute atomic E-state index is 0.00242. The quantitative estimate of drug-likeness (QED) is 0.0145. The normalized spacial score (nSPS) is 21.8. The molecule has 0 spiro atoms. The maximum absolute atomic E-state index is 15.2. The topological polar surface area (TPSA) is 604 Å². The van der Waals surface area contributed by atoms with Crippen molar-refractivity contribution >= 4 is 112 Å². The number of hydrogen-bond acceptors (Lipinski definition) is 41. The molecule has 0 saturated carbocycles. The van der Waals surface area contributed by atoms with Crippen molar-refractivity contribution in [1.82, 2.24) is 25.8 Å². The van der Waals surface area contributed by atoms with Gasteiger partial charge in [0.25, 0.3) is 17.7 Å². The number of amides is 8. The van der Waals surface area contributed by atoms with Crippen molar-refractivity contribution in [2.75, 3.05) is 142 Å². The van der Waals surface area contributed by atoms with Gasteiger partial charge in [0.1, 0.15) is 31.0 Å². The number of esters is 8. The third-order valence-corrected chi connectivity index (χ3v) is 23.0. The number of methoxy groups -OCH3 is 4. The standard InChI is InChI=1S/C96H123N9O40/c1-49(2)75(99-52(5)106)86(115)101-66(48-134-93-82(141-57(10)111)78(139-55(8)109)76(137-53(6)107)80(144-93)91(120)126-14)85(114)100-61-22-21-60(63(39-61)84(113)98-26-30-129-32-34-131-36-35-130-33-31-128-29-25-97)47-136-96(123)105-68-43-74(72(125-13)41-65(68)88(117)103-45-51(4)38-70(103)90(105)119)133-28-18-16-17-27-132-73-42-67-64(40-71(73)124-12)87(116)102-44-50(3)37-69(102)89(118)104(67)95(122)135-46-59-19-23-62(24-20-59)143-94-83(142-58(11)112)79(140-56(9)110)77(138-54(7)108)81(145-94)92(121)127-15/h19-24,39-43,49,66,69-70,75-83,89-90,93-94,118-119H,3-4,16-18,25-38,44-48,97H2,1-2,5-15H3,(H,98,113)(H,99,106)(H,100,114)(H,101,115)/t66-,69-,70-,75-,76-,77-,78-,79-,80-,81-,82+,83+,89-,90-,93+,94+/m0/s1. The second-order valence-electron chi connectivity index (χ2n) is 34.2. The molecule has 4 aromatic carbocycles. The Balaban J connectivity index is 0.855. The number of nitrogens with zero attached hydrogens (tertiary/aromatic N) is 4. The van der Waals surface area contributed by atoms with E-state index in [0.717, 1.165) is 72.5 Å². The van der Waals surface area contributed by atoms with E-state index in [1.165, 1.54) is 90.7 Å². The van der Waals surface area contributed by atoms with E-state index in [-0.39, 0.29) is 147 Å². The van der Waals surface area contributed by atoms with Crippen LogP contribution in [0.3, 0.4) is 0 Å². The summed E-state index contributed by atoms with van der Waals surface area (Å²) in [4.78, 5) is 221. The van der Waals surface area contributed by atoms with Crippen molar-refractivity contribution in [3.63, 3.8) is 0 Å². The van der Waals surface area contributed by atoms with Gasteiger partial charge >= 0.3 is 59.9 Å². The Labute approximate surface area is 833 Å². The van der Waals surface area contributed by atoms with E-state index >= 15 is 4.79 Å². The second-order valence-corrected chi connectivity index (χ2v) is 34.2. The van der Waals surface area contributed by atoms with E-state index in [1.807, 2.05) is 0 Å². The van der Waals surface area contributed by atoms with Gasteiger partial charge < -0.3 is 151 Å². The fourth-order valence-electron chi connectivity index (χ4n) is 16.5. The van der Waals surface area contributed by atoms with Gasteiger partial charge in [-0.3, -0.25) is 57.5 Å². The third kappa shape index (κ3) is 30.1. The smallest absolute Gasteiger partial charge is 0.416 e. The highest BCUT2D eigenvalue weighted by Crippen LogP contribution is 2.46. The van der Waals surface area contributed by atoms with Crippen molar-refractivity contribution in [2.24, 2.45) is 11.7 Å². The largest absolute Gasteiger partial charge is 0.493 e. The number of carbonyl (C=O) groups is 16. The number of nitrogens with two attached hydrogens (primary N) is 1. The number of fused-ring (bicyclic) bond motifs is 4. The van der Waals surface area contributed by atoms with Gasteiger partial charge in [0, 0.05) is 104 Å². The summed E-state index contributed by atoms with van der Waals surface area (Å²) >= 11 is 0. The first-order chi connectivity index (χ1) is 69.2. The number of nitrogens with one attached hydrogen (secondary N) is 4. The molecule has 16 atom stereocenters. The van der Waals surface area contributed by atoms with Crippen LogP contribution in [0.25, 0.3) is 0 Å². The summed E-state index contributed by atoms with van der Waals surface area (Å²) < 4.78 is 125. The molecular formula is C96H123N9O40. The minimum atomic E-state index is -1.99. The van der Waals surface area contributed by atoms with Gasteiger partial charge in [-0.1, -0.05) is 56.4 Å². The van der Waals surface area contributed by atoms with Gasteiger partial charge in [0.05, 0.1) is 136 Å². The molecule has 145 heavy (non-hydrogen) atoms. The van der Waals surface area contributed by atoms with Crippen LogP contribution >= 0.6 is 0 Å². The van der Waals surface area contributed by atoms with Gasteiger partial charge in [-0.2, -0.15) is 0 Å². The molecule has 8 amide bonds. The zero-order valence-corrected chi connectivity index (χ0v) is 82.4. The predicted molar refractivity (Wildman–Crippen MR) is 497 cm³/mol. The van der Waals surface area contributed by atoms with Crippen molar-refractivity contribution in [3.05, 3.63) is 119 Å². The van der Waals surface area contributed by atoms with Crippen LogP contribution in [-0.4, -0.2) is 341 Å². The minimum Gasteiger partial charge on any atom is -0.493 e. The van der Waals surface area contributed by atoms with Crippen LogP contribution in [0.15, 0.2) is 91.0 Å². The van der Waals surface area contributed by atoms with Crippen molar-refractivity contribution < 1.29 is 191 Å². The molecule has 4 saturated heterocycles. The number of ether oxygens (including phenoxy) is 22. The molecule has 49 heteroatoms. The summed E-state index contributed by atoms with van der Waals surface area (Å²) in [5, 5.41) is 35.1. The number of hydrogen-bond donors (Lipinski definition) is 7. The maximum Gasteiger partial charge on any atom is 0.416 e. The van der Waals surface area contributed by atoms with Crippen LogP contribution in [0.1, 0.15) is 137 Å². The summed E-state index contributed by atoms with van der Waals surface area (Å²) in [6.45, 7) is 18.3. The van der Waals surface area contributed by atoms with Gasteiger partial charge in [0.2, 0.25) is 30.1 Å². The average molecular weight is 2040 g/mol. The zero-order valence-electron chi connectivity index (χ0n) is 82.4. The number of rotatable bonds is 48. The number of aliphatic hydroxyl groups excluding tert-OH is 2. The van der Waals surface area contributed by atoms with Crippen LogP contribution in [-0.2, 0) is 146 Å². The lowest BCUT2D eigenvalue weighted by Gasteiger charge is -2.43. The molecule has 4 fully saturated rings. The molecule has 0 radical (unpaired) electrons. The van der Waals surface area contributed by atoms with E-state index in [0.29, 0.717) is 62.3 Å². The van der Waals surface area contributed by atoms with E-state index in [2.05, 4.69) is 34.4 Å². The second kappa shape index (κ2) is 53.6. The maximum atomic E-state index is 15.2. The van der Waals surface area contributed by atoms with Gasteiger partial charge in [-0.15, -0.1) is 0 Å². The fourth-order valence-corrected chi connectivity index (χ4v) is 16.5. The summed E-state index contributed by atoms with van der Waals surface area (Å²) in [6.07, 6.45) is -22.5. The summed E-state index contributed by atoms with van der Waals surface area (Å²) in [5.41, 5.74) is 6.03. The summed E-state index contributed by atoms with van der Waals surface area (Å²) in [6, 6.07) is 9.72. The molecule has 4 aromatic rings. The zero-order chi connectivity index (χ0) is 106. The molecule has 0 aromatic heterocycles. The lowest BCUT2D eigenvalue weighted by atomic mass is 9.97. The van der Waals surface area contributed by atoms with Crippen LogP contribution in [0.5, 0.6) is 28.7 Å². The Kier molecular flexibility index (Phi) is 41.8. The predicted octanol–water partition coefficient (Wildman–Crippen LogP) is 2.94. The molecule has 0 bridgehead atoms. The van der Waals surface area contributed by atoms with Crippen molar-refractivity contribution in [2.45, 2.75) is 206 Å². The first kappa shape index (κ1) is 113.